The molecule has 2 aromatic heterocycles. The molecule has 0 spiro atoms. The summed E-state index contributed by atoms with van der Waals surface area (Å²) in [6.07, 6.45) is 3.40. The predicted molar refractivity (Wildman–Crippen MR) is 105 cm³/mol. The number of carbonyl (C=O) groups excluding carboxylic acids is 1. The Balaban J connectivity index is 1.43. The minimum Gasteiger partial charge on any atom is -0.367 e. The SMILES string of the molecule is O=C(NCCNc1ccc(Nc2ccncc2)nn1)c1cccc(Br)c1. The zero-order valence-electron chi connectivity index (χ0n) is 13.8. The van der Waals surface area contributed by atoms with Gasteiger partial charge in [-0.1, -0.05) is 22.0 Å². The lowest BCUT2D eigenvalue weighted by atomic mass is 10.2. The first-order valence-electron chi connectivity index (χ1n) is 7.99. The van der Waals surface area contributed by atoms with Crippen molar-refractivity contribution < 1.29 is 4.79 Å². The number of hydrogen-bond donors (Lipinski definition) is 3. The van der Waals surface area contributed by atoms with E-state index in [4.69, 9.17) is 0 Å². The summed E-state index contributed by atoms with van der Waals surface area (Å²) in [6.45, 7) is 1.02. The number of amides is 1. The van der Waals surface area contributed by atoms with Gasteiger partial charge in [0.1, 0.15) is 5.82 Å². The van der Waals surface area contributed by atoms with E-state index in [1.807, 2.05) is 36.4 Å². The van der Waals surface area contributed by atoms with Crippen LogP contribution in [0.25, 0.3) is 0 Å². The Labute approximate surface area is 159 Å². The summed E-state index contributed by atoms with van der Waals surface area (Å²) in [7, 11) is 0. The maximum Gasteiger partial charge on any atom is 0.251 e. The molecule has 0 saturated carbocycles. The van der Waals surface area contributed by atoms with Gasteiger partial charge in [0.25, 0.3) is 5.91 Å². The van der Waals surface area contributed by atoms with Crippen LogP contribution in [0.3, 0.4) is 0 Å². The minimum absolute atomic E-state index is 0.115. The second kappa shape index (κ2) is 8.91. The highest BCUT2D eigenvalue weighted by Crippen LogP contribution is 2.13. The Hall–Kier alpha value is -3.00. The number of halogens is 1. The summed E-state index contributed by atoms with van der Waals surface area (Å²) in [4.78, 5) is 16.0. The van der Waals surface area contributed by atoms with Gasteiger partial charge in [0.15, 0.2) is 5.82 Å². The molecule has 132 valence electrons. The van der Waals surface area contributed by atoms with Crippen molar-refractivity contribution in [2.24, 2.45) is 0 Å². The first-order valence-corrected chi connectivity index (χ1v) is 8.78. The zero-order chi connectivity index (χ0) is 18.2. The second-order valence-electron chi connectivity index (χ2n) is 5.36. The van der Waals surface area contributed by atoms with Crippen molar-refractivity contribution in [3.63, 3.8) is 0 Å². The Kier molecular flexibility index (Phi) is 6.10. The Morgan fingerprint density at radius 3 is 2.46 bits per heavy atom. The van der Waals surface area contributed by atoms with Crippen molar-refractivity contribution in [2.45, 2.75) is 0 Å². The predicted octanol–water partition coefficient (Wildman–Crippen LogP) is 3.22. The van der Waals surface area contributed by atoms with Crippen LogP contribution in [0.2, 0.25) is 0 Å². The number of rotatable bonds is 7. The molecule has 0 aliphatic heterocycles. The van der Waals surface area contributed by atoms with Crippen molar-refractivity contribution >= 4 is 39.2 Å². The highest BCUT2D eigenvalue weighted by atomic mass is 79.9. The smallest absolute Gasteiger partial charge is 0.251 e. The molecule has 3 rings (SSSR count). The van der Waals surface area contributed by atoms with E-state index in [0.717, 1.165) is 10.2 Å². The van der Waals surface area contributed by atoms with Crippen molar-refractivity contribution in [1.82, 2.24) is 20.5 Å². The first-order chi connectivity index (χ1) is 12.7. The van der Waals surface area contributed by atoms with Crippen LogP contribution in [0.5, 0.6) is 0 Å². The van der Waals surface area contributed by atoms with Crippen LogP contribution in [-0.4, -0.2) is 34.2 Å². The van der Waals surface area contributed by atoms with E-state index in [1.165, 1.54) is 0 Å². The second-order valence-corrected chi connectivity index (χ2v) is 6.27. The van der Waals surface area contributed by atoms with Crippen molar-refractivity contribution in [2.75, 3.05) is 23.7 Å². The number of pyridine rings is 1. The highest BCUT2D eigenvalue weighted by Gasteiger charge is 2.05. The Morgan fingerprint density at radius 1 is 0.962 bits per heavy atom. The average molecular weight is 413 g/mol. The number of aromatic nitrogens is 3. The van der Waals surface area contributed by atoms with Crippen molar-refractivity contribution in [3.8, 4) is 0 Å². The van der Waals surface area contributed by atoms with Gasteiger partial charge in [0, 0.05) is 41.2 Å². The van der Waals surface area contributed by atoms with Crippen molar-refractivity contribution in [3.05, 3.63) is 71.0 Å². The molecule has 0 aliphatic carbocycles. The van der Waals surface area contributed by atoms with Gasteiger partial charge >= 0.3 is 0 Å². The molecule has 0 aliphatic rings. The fourth-order valence-electron chi connectivity index (χ4n) is 2.17. The molecule has 0 fully saturated rings. The lowest BCUT2D eigenvalue weighted by Gasteiger charge is -2.08. The molecule has 7 nitrogen and oxygen atoms in total. The number of carbonyl (C=O) groups is 1. The van der Waals surface area contributed by atoms with Gasteiger partial charge in [-0.3, -0.25) is 9.78 Å². The van der Waals surface area contributed by atoms with E-state index in [-0.39, 0.29) is 5.91 Å². The van der Waals surface area contributed by atoms with E-state index < -0.39 is 0 Å². The normalized spacial score (nSPS) is 10.2. The van der Waals surface area contributed by atoms with Gasteiger partial charge in [0.05, 0.1) is 0 Å². The van der Waals surface area contributed by atoms with E-state index in [0.29, 0.717) is 30.3 Å². The van der Waals surface area contributed by atoms with Crippen LogP contribution in [0, 0.1) is 0 Å². The van der Waals surface area contributed by atoms with Gasteiger partial charge in [-0.2, -0.15) is 0 Å². The molecule has 3 aromatic rings. The summed E-state index contributed by atoms with van der Waals surface area (Å²) in [5, 5.41) is 17.3. The fourth-order valence-corrected chi connectivity index (χ4v) is 2.57. The molecule has 26 heavy (non-hydrogen) atoms. The largest absolute Gasteiger partial charge is 0.367 e. The monoisotopic (exact) mass is 412 g/mol. The van der Waals surface area contributed by atoms with E-state index in [9.17, 15) is 4.79 Å². The summed E-state index contributed by atoms with van der Waals surface area (Å²) in [5.74, 6) is 1.17. The van der Waals surface area contributed by atoms with Crippen LogP contribution in [-0.2, 0) is 0 Å². The molecule has 0 bridgehead atoms. The molecule has 2 heterocycles. The third-order valence-electron chi connectivity index (χ3n) is 3.42. The molecule has 1 aromatic carbocycles. The lowest BCUT2D eigenvalue weighted by molar-refractivity contribution is 0.0955. The molecule has 0 unspecified atom stereocenters. The number of benzene rings is 1. The zero-order valence-corrected chi connectivity index (χ0v) is 15.4. The first kappa shape index (κ1) is 17.8. The molecule has 0 atom stereocenters. The van der Waals surface area contributed by atoms with Gasteiger partial charge in [-0.15, -0.1) is 10.2 Å². The lowest BCUT2D eigenvalue weighted by Crippen LogP contribution is -2.28. The molecule has 1 amide bonds. The summed E-state index contributed by atoms with van der Waals surface area (Å²) in [5.41, 5.74) is 1.51. The van der Waals surface area contributed by atoms with Gasteiger partial charge in [-0.05, 0) is 42.5 Å². The van der Waals surface area contributed by atoms with Crippen LogP contribution in [0.4, 0.5) is 17.3 Å². The van der Waals surface area contributed by atoms with Crippen LogP contribution in [0.1, 0.15) is 10.4 Å². The molecule has 0 radical (unpaired) electrons. The summed E-state index contributed by atoms with van der Waals surface area (Å²) < 4.78 is 0.874. The highest BCUT2D eigenvalue weighted by molar-refractivity contribution is 9.10. The summed E-state index contributed by atoms with van der Waals surface area (Å²) >= 11 is 3.35. The number of nitrogens with one attached hydrogen (secondary N) is 3. The number of anilines is 3. The molecule has 8 heteroatoms. The fraction of sp³-hybridized carbons (Fsp3) is 0.111. The third kappa shape index (κ3) is 5.25. The number of nitrogens with zero attached hydrogens (tertiary/aromatic N) is 3. The molecule has 3 N–H and O–H groups in total. The summed E-state index contributed by atoms with van der Waals surface area (Å²) in [6, 6.07) is 14.6. The third-order valence-corrected chi connectivity index (χ3v) is 3.91. The van der Waals surface area contributed by atoms with Crippen LogP contribution >= 0.6 is 15.9 Å². The van der Waals surface area contributed by atoms with Gasteiger partial charge < -0.3 is 16.0 Å². The van der Waals surface area contributed by atoms with Gasteiger partial charge in [0.2, 0.25) is 0 Å². The molecular weight excluding hydrogens is 396 g/mol. The van der Waals surface area contributed by atoms with Crippen molar-refractivity contribution in [1.29, 1.82) is 0 Å². The topological polar surface area (TPSA) is 91.8 Å². The average Bonchev–Trinajstić information content (AvgIpc) is 2.67. The van der Waals surface area contributed by atoms with Gasteiger partial charge in [-0.25, -0.2) is 0 Å². The maximum atomic E-state index is 12.0. The minimum atomic E-state index is -0.115. The van der Waals surface area contributed by atoms with E-state index >= 15 is 0 Å². The Morgan fingerprint density at radius 2 is 1.73 bits per heavy atom. The van der Waals surface area contributed by atoms with Crippen LogP contribution in [0.15, 0.2) is 65.4 Å². The number of hydrogen-bond acceptors (Lipinski definition) is 6. The van der Waals surface area contributed by atoms with Crippen LogP contribution < -0.4 is 16.0 Å². The standard InChI is InChI=1S/C18H17BrN6O/c19-14-3-1-2-13(12-14)18(26)22-11-10-21-16-4-5-17(25-24-16)23-15-6-8-20-9-7-15/h1-9,12H,10-11H2,(H,21,24)(H,22,26)(H,20,23,25). The maximum absolute atomic E-state index is 12.0. The van der Waals surface area contributed by atoms with E-state index in [1.54, 1.807) is 24.5 Å². The molecule has 0 saturated heterocycles. The Bertz CT molecular complexity index is 857. The van der Waals surface area contributed by atoms with E-state index in [2.05, 4.69) is 47.1 Å². The quantitative estimate of drug-likeness (QED) is 0.516. The molecular formula is C18H17BrN6O.